The zero-order valence-corrected chi connectivity index (χ0v) is 12.4. The van der Waals surface area contributed by atoms with Crippen LogP contribution in [-0.4, -0.2) is 28.8 Å². The lowest BCUT2D eigenvalue weighted by molar-refractivity contribution is 0.152. The van der Waals surface area contributed by atoms with Crippen LogP contribution in [-0.2, 0) is 4.84 Å². The van der Waals surface area contributed by atoms with E-state index in [0.717, 1.165) is 27.9 Å². The van der Waals surface area contributed by atoms with Gasteiger partial charge in [0.1, 0.15) is 12.3 Å². The second-order valence-corrected chi connectivity index (χ2v) is 5.07. The Morgan fingerprint density at radius 2 is 2.09 bits per heavy atom. The fraction of sp³-hybridized carbons (Fsp3) is 0.176. The molecule has 0 aliphatic heterocycles. The van der Waals surface area contributed by atoms with Gasteiger partial charge >= 0.3 is 0 Å². The van der Waals surface area contributed by atoms with Gasteiger partial charge in [-0.2, -0.15) is 0 Å². The SMILES string of the molecule is Cc1ccc(/C(=N/OCCN)c2cc3ccncc3[nH]2)cc1. The Balaban J connectivity index is 2.04. The number of aromatic nitrogens is 2. The maximum absolute atomic E-state index is 5.46. The van der Waals surface area contributed by atoms with Crippen LogP contribution in [0, 0.1) is 6.92 Å². The van der Waals surface area contributed by atoms with Crippen molar-refractivity contribution in [2.24, 2.45) is 10.9 Å². The highest BCUT2D eigenvalue weighted by molar-refractivity contribution is 6.13. The van der Waals surface area contributed by atoms with E-state index in [0.29, 0.717) is 13.2 Å². The minimum Gasteiger partial charge on any atom is -0.394 e. The molecule has 1 aromatic carbocycles. The highest BCUT2D eigenvalue weighted by Crippen LogP contribution is 2.18. The highest BCUT2D eigenvalue weighted by atomic mass is 16.6. The van der Waals surface area contributed by atoms with E-state index in [1.54, 1.807) is 12.4 Å². The number of rotatable bonds is 5. The fourth-order valence-electron chi connectivity index (χ4n) is 2.23. The standard InChI is InChI=1S/C17H18N4O/c1-12-2-4-13(5-3-12)17(21-22-9-7-18)15-10-14-6-8-19-11-16(14)20-15/h2-6,8,10-11,20H,7,9,18H2,1H3/b21-17-. The Labute approximate surface area is 128 Å². The molecule has 0 bridgehead atoms. The van der Waals surface area contributed by atoms with E-state index in [4.69, 9.17) is 10.6 Å². The monoisotopic (exact) mass is 294 g/mol. The van der Waals surface area contributed by atoms with Crippen molar-refractivity contribution >= 4 is 16.6 Å². The van der Waals surface area contributed by atoms with Crippen molar-refractivity contribution in [3.8, 4) is 0 Å². The molecule has 3 N–H and O–H groups in total. The zero-order chi connectivity index (χ0) is 15.4. The molecule has 0 atom stereocenters. The number of fused-ring (bicyclic) bond motifs is 1. The molecule has 2 heterocycles. The third-order valence-electron chi connectivity index (χ3n) is 3.37. The number of nitrogens with zero attached hydrogens (tertiary/aromatic N) is 2. The van der Waals surface area contributed by atoms with Gasteiger partial charge in [0.25, 0.3) is 0 Å². The van der Waals surface area contributed by atoms with Crippen LogP contribution in [0.25, 0.3) is 10.9 Å². The van der Waals surface area contributed by atoms with Crippen LogP contribution in [0.5, 0.6) is 0 Å². The molecule has 5 heteroatoms. The van der Waals surface area contributed by atoms with Crippen molar-refractivity contribution in [3.63, 3.8) is 0 Å². The summed E-state index contributed by atoms with van der Waals surface area (Å²) in [6.45, 7) is 2.87. The number of hydrogen-bond acceptors (Lipinski definition) is 4. The number of benzene rings is 1. The molecule has 3 rings (SSSR count). The lowest BCUT2D eigenvalue weighted by atomic mass is 10.1. The van der Waals surface area contributed by atoms with Crippen molar-refractivity contribution in [1.29, 1.82) is 0 Å². The van der Waals surface area contributed by atoms with Crippen LogP contribution in [0.3, 0.4) is 0 Å². The fourth-order valence-corrected chi connectivity index (χ4v) is 2.23. The number of nitrogens with one attached hydrogen (secondary N) is 1. The number of pyridine rings is 1. The molecule has 0 aliphatic carbocycles. The van der Waals surface area contributed by atoms with Gasteiger partial charge in [-0.1, -0.05) is 35.0 Å². The Kier molecular flexibility index (Phi) is 4.16. The van der Waals surface area contributed by atoms with Crippen LogP contribution in [0.4, 0.5) is 0 Å². The molecule has 22 heavy (non-hydrogen) atoms. The summed E-state index contributed by atoms with van der Waals surface area (Å²) in [7, 11) is 0. The van der Waals surface area contributed by atoms with E-state index >= 15 is 0 Å². The first kappa shape index (κ1) is 14.3. The summed E-state index contributed by atoms with van der Waals surface area (Å²) in [5.41, 5.74) is 10.3. The summed E-state index contributed by atoms with van der Waals surface area (Å²) >= 11 is 0. The molecule has 0 fully saturated rings. The Hall–Kier alpha value is -2.66. The van der Waals surface area contributed by atoms with E-state index in [-0.39, 0.29) is 0 Å². The Morgan fingerprint density at radius 3 is 2.82 bits per heavy atom. The molecular weight excluding hydrogens is 276 g/mol. The maximum Gasteiger partial charge on any atom is 0.133 e. The summed E-state index contributed by atoms with van der Waals surface area (Å²) in [5.74, 6) is 0. The summed E-state index contributed by atoms with van der Waals surface area (Å²) in [5, 5.41) is 5.35. The van der Waals surface area contributed by atoms with E-state index in [9.17, 15) is 0 Å². The molecule has 3 aromatic rings. The molecule has 112 valence electrons. The second-order valence-electron chi connectivity index (χ2n) is 5.07. The van der Waals surface area contributed by atoms with Crippen molar-refractivity contribution in [2.45, 2.75) is 6.92 Å². The second kappa shape index (κ2) is 6.41. The van der Waals surface area contributed by atoms with Crippen LogP contribution in [0.15, 0.2) is 53.9 Å². The third kappa shape index (κ3) is 2.99. The molecular formula is C17H18N4O. The van der Waals surface area contributed by atoms with Crippen molar-refractivity contribution in [2.75, 3.05) is 13.2 Å². The van der Waals surface area contributed by atoms with Crippen LogP contribution >= 0.6 is 0 Å². The lowest BCUT2D eigenvalue weighted by Crippen LogP contribution is -2.09. The normalized spacial score (nSPS) is 11.8. The predicted octanol–water partition coefficient (Wildman–Crippen LogP) is 2.60. The van der Waals surface area contributed by atoms with Gasteiger partial charge in [0.05, 0.1) is 17.4 Å². The molecule has 5 nitrogen and oxygen atoms in total. The molecule has 0 saturated carbocycles. The third-order valence-corrected chi connectivity index (χ3v) is 3.37. The molecule has 0 spiro atoms. The smallest absolute Gasteiger partial charge is 0.133 e. The van der Waals surface area contributed by atoms with Gasteiger partial charge in [-0.3, -0.25) is 4.98 Å². The summed E-state index contributed by atoms with van der Waals surface area (Å²) in [6.07, 6.45) is 3.57. The highest BCUT2D eigenvalue weighted by Gasteiger charge is 2.11. The number of nitrogens with two attached hydrogens (primary N) is 1. The summed E-state index contributed by atoms with van der Waals surface area (Å²) in [6, 6.07) is 12.2. The quantitative estimate of drug-likeness (QED) is 0.431. The van der Waals surface area contributed by atoms with E-state index in [2.05, 4.69) is 34.2 Å². The molecule has 0 saturated heterocycles. The van der Waals surface area contributed by atoms with Crippen LogP contribution < -0.4 is 5.73 Å². The first-order chi connectivity index (χ1) is 10.8. The molecule has 0 aliphatic rings. The van der Waals surface area contributed by atoms with Gasteiger partial charge < -0.3 is 15.6 Å². The Morgan fingerprint density at radius 1 is 1.27 bits per heavy atom. The number of aryl methyl sites for hydroxylation is 1. The first-order valence-corrected chi connectivity index (χ1v) is 7.18. The maximum atomic E-state index is 5.46. The van der Waals surface area contributed by atoms with Crippen LogP contribution in [0.2, 0.25) is 0 Å². The van der Waals surface area contributed by atoms with Gasteiger partial charge in [-0.15, -0.1) is 0 Å². The van der Waals surface area contributed by atoms with Gasteiger partial charge in [0.2, 0.25) is 0 Å². The van der Waals surface area contributed by atoms with Gasteiger partial charge in [-0.25, -0.2) is 0 Å². The topological polar surface area (TPSA) is 76.3 Å². The minimum absolute atomic E-state index is 0.386. The summed E-state index contributed by atoms with van der Waals surface area (Å²) in [4.78, 5) is 12.8. The summed E-state index contributed by atoms with van der Waals surface area (Å²) < 4.78 is 0. The average Bonchev–Trinajstić information content (AvgIpc) is 2.96. The number of hydrogen-bond donors (Lipinski definition) is 2. The molecule has 2 aromatic heterocycles. The van der Waals surface area contributed by atoms with Crippen molar-refractivity contribution in [3.05, 3.63) is 65.6 Å². The first-order valence-electron chi connectivity index (χ1n) is 7.18. The number of oxime groups is 1. The van der Waals surface area contributed by atoms with Gasteiger partial charge in [-0.05, 0) is 19.1 Å². The van der Waals surface area contributed by atoms with E-state index < -0.39 is 0 Å². The zero-order valence-electron chi connectivity index (χ0n) is 12.4. The average molecular weight is 294 g/mol. The van der Waals surface area contributed by atoms with Gasteiger partial charge in [0, 0.05) is 23.7 Å². The number of aromatic amines is 1. The Bertz CT molecular complexity index is 757. The largest absolute Gasteiger partial charge is 0.394 e. The van der Waals surface area contributed by atoms with Gasteiger partial charge in [0.15, 0.2) is 0 Å². The van der Waals surface area contributed by atoms with E-state index in [1.807, 2.05) is 24.3 Å². The van der Waals surface area contributed by atoms with Crippen LogP contribution in [0.1, 0.15) is 16.8 Å². The predicted molar refractivity (Wildman–Crippen MR) is 87.9 cm³/mol. The van der Waals surface area contributed by atoms with Crippen molar-refractivity contribution in [1.82, 2.24) is 9.97 Å². The minimum atomic E-state index is 0.386. The lowest BCUT2D eigenvalue weighted by Gasteiger charge is -2.05. The van der Waals surface area contributed by atoms with E-state index in [1.165, 1.54) is 5.56 Å². The molecule has 0 radical (unpaired) electrons. The molecule has 0 amide bonds. The number of H-pyrrole nitrogens is 1. The van der Waals surface area contributed by atoms with Crippen molar-refractivity contribution < 1.29 is 4.84 Å². The molecule has 0 unspecified atom stereocenters.